The standard InChI is InChI=1S/C12H16ClN/c13-12-9-11(6-7-14-12)8-10-4-2-1-3-5-10/h1-5,11-12,14H,6-9H2. The molecular formula is C12H16ClN. The molecule has 0 spiro atoms. The molecule has 14 heavy (non-hydrogen) atoms. The van der Waals surface area contributed by atoms with Gasteiger partial charge in [-0.25, -0.2) is 0 Å². The van der Waals surface area contributed by atoms with Gasteiger partial charge >= 0.3 is 0 Å². The Bertz CT molecular complexity index is 273. The van der Waals surface area contributed by atoms with Crippen LogP contribution in [-0.4, -0.2) is 12.0 Å². The van der Waals surface area contributed by atoms with Gasteiger partial charge in [0, 0.05) is 0 Å². The first-order valence-corrected chi connectivity index (χ1v) is 5.69. The quantitative estimate of drug-likeness (QED) is 0.584. The van der Waals surface area contributed by atoms with Crippen LogP contribution in [0.5, 0.6) is 0 Å². The first-order valence-electron chi connectivity index (χ1n) is 5.26. The predicted octanol–water partition coefficient (Wildman–Crippen LogP) is 2.79. The van der Waals surface area contributed by atoms with Crippen molar-refractivity contribution in [2.45, 2.75) is 24.8 Å². The molecule has 1 nitrogen and oxygen atoms in total. The number of nitrogens with one attached hydrogen (secondary N) is 1. The largest absolute Gasteiger partial charge is 0.301 e. The Kier molecular flexibility index (Phi) is 3.44. The molecule has 2 heteroatoms. The second-order valence-electron chi connectivity index (χ2n) is 4.00. The zero-order chi connectivity index (χ0) is 9.80. The van der Waals surface area contributed by atoms with E-state index >= 15 is 0 Å². The van der Waals surface area contributed by atoms with Gasteiger partial charge < -0.3 is 5.32 Å². The Labute approximate surface area is 90.5 Å². The van der Waals surface area contributed by atoms with E-state index < -0.39 is 0 Å². The van der Waals surface area contributed by atoms with E-state index in [1.807, 2.05) is 0 Å². The van der Waals surface area contributed by atoms with Gasteiger partial charge in [-0.1, -0.05) is 30.3 Å². The summed E-state index contributed by atoms with van der Waals surface area (Å²) in [4.78, 5) is 0. The highest BCUT2D eigenvalue weighted by atomic mass is 35.5. The maximum absolute atomic E-state index is 6.07. The van der Waals surface area contributed by atoms with Crippen molar-refractivity contribution in [2.75, 3.05) is 6.54 Å². The van der Waals surface area contributed by atoms with Gasteiger partial charge in [0.15, 0.2) is 0 Å². The molecule has 1 aromatic carbocycles. The number of rotatable bonds is 2. The lowest BCUT2D eigenvalue weighted by Gasteiger charge is -2.26. The van der Waals surface area contributed by atoms with Gasteiger partial charge in [-0.3, -0.25) is 0 Å². The third-order valence-electron chi connectivity index (χ3n) is 2.83. The minimum absolute atomic E-state index is 0.178. The zero-order valence-corrected chi connectivity index (χ0v) is 9.00. The Balaban J connectivity index is 1.91. The van der Waals surface area contributed by atoms with Crippen molar-refractivity contribution in [3.05, 3.63) is 35.9 Å². The van der Waals surface area contributed by atoms with Crippen LogP contribution in [0, 0.1) is 5.92 Å². The van der Waals surface area contributed by atoms with Crippen LogP contribution in [0.15, 0.2) is 30.3 Å². The minimum Gasteiger partial charge on any atom is -0.301 e. The highest BCUT2D eigenvalue weighted by molar-refractivity contribution is 6.20. The normalized spacial score (nSPS) is 27.5. The van der Waals surface area contributed by atoms with E-state index in [4.69, 9.17) is 11.6 Å². The molecular weight excluding hydrogens is 194 g/mol. The summed E-state index contributed by atoms with van der Waals surface area (Å²) in [5.74, 6) is 0.751. The summed E-state index contributed by atoms with van der Waals surface area (Å²) in [6, 6.07) is 10.7. The van der Waals surface area contributed by atoms with Gasteiger partial charge in [0.05, 0.1) is 5.50 Å². The van der Waals surface area contributed by atoms with Crippen molar-refractivity contribution in [3.63, 3.8) is 0 Å². The van der Waals surface area contributed by atoms with E-state index in [-0.39, 0.29) is 5.50 Å². The summed E-state index contributed by atoms with van der Waals surface area (Å²) in [7, 11) is 0. The lowest BCUT2D eigenvalue weighted by molar-refractivity contribution is 0.351. The summed E-state index contributed by atoms with van der Waals surface area (Å²) >= 11 is 6.07. The average Bonchev–Trinajstić information content (AvgIpc) is 2.19. The van der Waals surface area contributed by atoms with Gasteiger partial charge in [-0.05, 0) is 37.3 Å². The van der Waals surface area contributed by atoms with Gasteiger partial charge in [0.2, 0.25) is 0 Å². The summed E-state index contributed by atoms with van der Waals surface area (Å²) in [5, 5.41) is 3.26. The topological polar surface area (TPSA) is 12.0 Å². The minimum atomic E-state index is 0.178. The monoisotopic (exact) mass is 209 g/mol. The molecule has 0 amide bonds. The number of halogens is 1. The molecule has 1 aliphatic rings. The van der Waals surface area contributed by atoms with Crippen LogP contribution >= 0.6 is 11.6 Å². The highest BCUT2D eigenvalue weighted by Crippen LogP contribution is 2.22. The number of alkyl halides is 1. The van der Waals surface area contributed by atoms with Crippen molar-refractivity contribution in [2.24, 2.45) is 5.92 Å². The van der Waals surface area contributed by atoms with E-state index in [9.17, 15) is 0 Å². The van der Waals surface area contributed by atoms with E-state index in [0.717, 1.165) is 18.9 Å². The average molecular weight is 210 g/mol. The third-order valence-corrected chi connectivity index (χ3v) is 3.16. The second kappa shape index (κ2) is 4.81. The molecule has 76 valence electrons. The fourth-order valence-corrected chi connectivity index (χ4v) is 2.43. The molecule has 1 fully saturated rings. The molecule has 0 saturated carbocycles. The molecule has 1 N–H and O–H groups in total. The van der Waals surface area contributed by atoms with Crippen molar-refractivity contribution in [1.29, 1.82) is 0 Å². The molecule has 0 radical (unpaired) electrons. The van der Waals surface area contributed by atoms with Gasteiger partial charge in [0.25, 0.3) is 0 Å². The second-order valence-corrected chi connectivity index (χ2v) is 4.53. The van der Waals surface area contributed by atoms with E-state index in [1.54, 1.807) is 0 Å². The Morgan fingerprint density at radius 1 is 1.29 bits per heavy atom. The van der Waals surface area contributed by atoms with E-state index in [1.165, 1.54) is 18.4 Å². The zero-order valence-electron chi connectivity index (χ0n) is 8.25. The molecule has 0 aromatic heterocycles. The predicted molar refractivity (Wildman–Crippen MR) is 60.5 cm³/mol. The van der Waals surface area contributed by atoms with Crippen LogP contribution in [0.3, 0.4) is 0 Å². The van der Waals surface area contributed by atoms with E-state index in [2.05, 4.69) is 35.6 Å². The van der Waals surface area contributed by atoms with Gasteiger partial charge in [-0.2, -0.15) is 0 Å². The lowest BCUT2D eigenvalue weighted by Crippen LogP contribution is -2.34. The number of benzene rings is 1. The first-order chi connectivity index (χ1) is 6.84. The molecule has 1 heterocycles. The van der Waals surface area contributed by atoms with Crippen LogP contribution in [-0.2, 0) is 6.42 Å². The fourth-order valence-electron chi connectivity index (χ4n) is 2.07. The van der Waals surface area contributed by atoms with Crippen LogP contribution in [0.4, 0.5) is 0 Å². The maximum Gasteiger partial charge on any atom is 0.0828 e. The molecule has 1 saturated heterocycles. The molecule has 0 aliphatic carbocycles. The maximum atomic E-state index is 6.07. The molecule has 2 unspecified atom stereocenters. The van der Waals surface area contributed by atoms with Crippen LogP contribution < -0.4 is 5.32 Å². The lowest BCUT2D eigenvalue weighted by atomic mass is 9.91. The fraction of sp³-hybridized carbons (Fsp3) is 0.500. The number of hydrogen-bond acceptors (Lipinski definition) is 1. The van der Waals surface area contributed by atoms with Crippen LogP contribution in [0.25, 0.3) is 0 Å². The SMILES string of the molecule is ClC1CC(Cc2ccccc2)CCN1. The molecule has 1 aromatic rings. The first kappa shape index (κ1) is 10.0. The summed E-state index contributed by atoms with van der Waals surface area (Å²) in [5.41, 5.74) is 1.61. The molecule has 2 atom stereocenters. The summed E-state index contributed by atoms with van der Waals surface area (Å²) in [6.07, 6.45) is 3.51. The smallest absolute Gasteiger partial charge is 0.0828 e. The summed E-state index contributed by atoms with van der Waals surface area (Å²) < 4.78 is 0. The van der Waals surface area contributed by atoms with Crippen molar-refractivity contribution >= 4 is 11.6 Å². The molecule has 0 bridgehead atoms. The Morgan fingerprint density at radius 3 is 2.79 bits per heavy atom. The summed E-state index contributed by atoms with van der Waals surface area (Å²) in [6.45, 7) is 1.06. The molecule has 1 aliphatic heterocycles. The Morgan fingerprint density at radius 2 is 2.07 bits per heavy atom. The third kappa shape index (κ3) is 2.73. The van der Waals surface area contributed by atoms with Crippen molar-refractivity contribution in [1.82, 2.24) is 5.32 Å². The molecule has 2 rings (SSSR count). The number of piperidine rings is 1. The van der Waals surface area contributed by atoms with Gasteiger partial charge in [0.1, 0.15) is 0 Å². The Hall–Kier alpha value is -0.530. The van der Waals surface area contributed by atoms with Crippen LogP contribution in [0.2, 0.25) is 0 Å². The highest BCUT2D eigenvalue weighted by Gasteiger charge is 2.19. The van der Waals surface area contributed by atoms with Crippen LogP contribution in [0.1, 0.15) is 18.4 Å². The van der Waals surface area contributed by atoms with Crippen molar-refractivity contribution in [3.8, 4) is 0 Å². The van der Waals surface area contributed by atoms with Crippen molar-refractivity contribution < 1.29 is 0 Å². The van der Waals surface area contributed by atoms with E-state index in [0.29, 0.717) is 0 Å². The van der Waals surface area contributed by atoms with Gasteiger partial charge in [-0.15, -0.1) is 11.6 Å². The number of hydrogen-bond donors (Lipinski definition) is 1.